The van der Waals surface area contributed by atoms with Crippen molar-refractivity contribution in [2.45, 2.75) is 40.7 Å². The van der Waals surface area contributed by atoms with Gasteiger partial charge in [0.25, 0.3) is 0 Å². The average Bonchev–Trinajstić information content (AvgIpc) is 2.89. The third-order valence-corrected chi connectivity index (χ3v) is 4.14. The first-order chi connectivity index (χ1) is 12.6. The van der Waals surface area contributed by atoms with Crippen LogP contribution in [0.25, 0.3) is 0 Å². The molecule has 1 atom stereocenters. The van der Waals surface area contributed by atoms with E-state index < -0.39 is 12.1 Å². The fraction of sp³-hybridized carbons (Fsp3) is 0.300. The van der Waals surface area contributed by atoms with Gasteiger partial charge in [0, 0.05) is 29.4 Å². The molecule has 0 fully saturated rings. The molecule has 7 heteroatoms. The van der Waals surface area contributed by atoms with Gasteiger partial charge in [0.05, 0.1) is 0 Å². The van der Waals surface area contributed by atoms with E-state index in [1.165, 1.54) is 20.8 Å². The topological polar surface area (TPSA) is 105 Å². The molecule has 142 valence electrons. The number of esters is 1. The summed E-state index contributed by atoms with van der Waals surface area (Å²) >= 11 is 0. The van der Waals surface area contributed by atoms with Crippen LogP contribution in [0.1, 0.15) is 63.2 Å². The maximum Gasteiger partial charge on any atom is 0.355 e. The second kappa shape index (κ2) is 7.99. The molecule has 0 saturated heterocycles. The number of carbonyl (C=O) groups excluding carboxylic acids is 4. The number of aromatic nitrogens is 1. The van der Waals surface area contributed by atoms with Gasteiger partial charge in [-0.1, -0.05) is 0 Å². The van der Waals surface area contributed by atoms with E-state index in [4.69, 9.17) is 4.74 Å². The molecule has 2 aromatic rings. The number of rotatable bonds is 6. The van der Waals surface area contributed by atoms with E-state index in [1.807, 2.05) is 0 Å². The maximum absolute atomic E-state index is 12.5. The molecule has 2 rings (SSSR count). The van der Waals surface area contributed by atoms with E-state index in [9.17, 15) is 19.2 Å². The zero-order valence-corrected chi connectivity index (χ0v) is 15.9. The molecule has 1 aromatic heterocycles. The number of benzene rings is 1. The van der Waals surface area contributed by atoms with E-state index in [2.05, 4.69) is 10.3 Å². The van der Waals surface area contributed by atoms with Crippen molar-refractivity contribution in [2.24, 2.45) is 0 Å². The van der Waals surface area contributed by atoms with Crippen LogP contribution in [0.3, 0.4) is 0 Å². The Morgan fingerprint density at radius 1 is 1.04 bits per heavy atom. The zero-order valence-electron chi connectivity index (χ0n) is 15.9. The minimum absolute atomic E-state index is 0.149. The van der Waals surface area contributed by atoms with Gasteiger partial charge in [-0.2, -0.15) is 0 Å². The molecule has 27 heavy (non-hydrogen) atoms. The summed E-state index contributed by atoms with van der Waals surface area (Å²) in [6, 6.07) is 6.30. The minimum atomic E-state index is -1.01. The summed E-state index contributed by atoms with van der Waals surface area (Å²) in [5, 5.41) is 2.61. The molecule has 1 aromatic carbocycles. The molecule has 0 spiro atoms. The number of anilines is 1. The minimum Gasteiger partial charge on any atom is -0.450 e. The number of carbonyl (C=O) groups is 4. The highest BCUT2D eigenvalue weighted by Gasteiger charge is 2.25. The highest BCUT2D eigenvalue weighted by atomic mass is 16.5. The van der Waals surface area contributed by atoms with Gasteiger partial charge in [-0.3, -0.25) is 14.4 Å². The molecule has 2 N–H and O–H groups in total. The largest absolute Gasteiger partial charge is 0.450 e. The van der Waals surface area contributed by atoms with Crippen molar-refractivity contribution in [2.75, 3.05) is 5.32 Å². The molecule has 0 saturated carbocycles. The summed E-state index contributed by atoms with van der Waals surface area (Å²) in [6.07, 6.45) is -1.01. The second-order valence-corrected chi connectivity index (χ2v) is 6.35. The molecule has 0 unspecified atom stereocenters. The molecule has 1 amide bonds. The van der Waals surface area contributed by atoms with Gasteiger partial charge >= 0.3 is 5.97 Å². The number of nitrogens with one attached hydrogen (secondary N) is 2. The number of aromatic amines is 1. The number of ketones is 2. The van der Waals surface area contributed by atoms with E-state index in [-0.39, 0.29) is 23.2 Å². The molecule has 7 nitrogen and oxygen atoms in total. The smallest absolute Gasteiger partial charge is 0.355 e. The first kappa shape index (κ1) is 20.1. The fourth-order valence-corrected chi connectivity index (χ4v) is 2.91. The number of hydrogen-bond acceptors (Lipinski definition) is 5. The summed E-state index contributed by atoms with van der Waals surface area (Å²) in [5.41, 5.74) is 2.63. The summed E-state index contributed by atoms with van der Waals surface area (Å²) in [6.45, 7) is 7.66. The Bertz CT molecular complexity index is 909. The Kier molecular flexibility index (Phi) is 5.95. The predicted octanol–water partition coefficient (Wildman–Crippen LogP) is 3.22. The summed E-state index contributed by atoms with van der Waals surface area (Å²) < 4.78 is 5.28. The number of aryl methyl sites for hydroxylation is 1. The number of amides is 1. The fourth-order valence-electron chi connectivity index (χ4n) is 2.91. The summed E-state index contributed by atoms with van der Waals surface area (Å²) in [5.74, 6) is -1.43. The van der Waals surface area contributed by atoms with Crippen LogP contribution in [0.15, 0.2) is 24.3 Å². The van der Waals surface area contributed by atoms with Crippen LogP contribution in [-0.2, 0) is 9.53 Å². The van der Waals surface area contributed by atoms with Gasteiger partial charge in [0.1, 0.15) is 5.69 Å². The number of ether oxygens (including phenoxy) is 1. The lowest BCUT2D eigenvalue weighted by Crippen LogP contribution is -2.25. The zero-order chi connectivity index (χ0) is 20.3. The molecule has 0 aliphatic rings. The van der Waals surface area contributed by atoms with Crippen molar-refractivity contribution in [3.8, 4) is 0 Å². The van der Waals surface area contributed by atoms with E-state index in [0.717, 1.165) is 0 Å². The normalized spacial score (nSPS) is 11.6. The van der Waals surface area contributed by atoms with E-state index in [0.29, 0.717) is 28.1 Å². The lowest BCUT2D eigenvalue weighted by atomic mass is 10.1. The van der Waals surface area contributed by atoms with Gasteiger partial charge < -0.3 is 15.0 Å². The lowest BCUT2D eigenvalue weighted by Gasteiger charge is -2.12. The van der Waals surface area contributed by atoms with Crippen LogP contribution in [0.4, 0.5) is 5.69 Å². The van der Waals surface area contributed by atoms with Gasteiger partial charge in [0.2, 0.25) is 11.7 Å². The van der Waals surface area contributed by atoms with Crippen LogP contribution in [0.2, 0.25) is 0 Å². The lowest BCUT2D eigenvalue weighted by molar-refractivity contribution is -0.114. The van der Waals surface area contributed by atoms with Gasteiger partial charge in [0.15, 0.2) is 11.9 Å². The van der Waals surface area contributed by atoms with E-state index >= 15 is 0 Å². The number of hydrogen-bond donors (Lipinski definition) is 2. The highest BCUT2D eigenvalue weighted by molar-refractivity contribution is 6.03. The van der Waals surface area contributed by atoms with Crippen molar-refractivity contribution in [3.05, 3.63) is 52.3 Å². The van der Waals surface area contributed by atoms with Crippen LogP contribution < -0.4 is 5.32 Å². The molecule has 1 heterocycles. The molecule has 0 aliphatic carbocycles. The van der Waals surface area contributed by atoms with Crippen LogP contribution in [0, 0.1) is 13.8 Å². The predicted molar refractivity (Wildman–Crippen MR) is 100 cm³/mol. The molecule has 0 bridgehead atoms. The van der Waals surface area contributed by atoms with Crippen molar-refractivity contribution in [3.63, 3.8) is 0 Å². The molecule has 0 aliphatic heterocycles. The Labute approximate surface area is 157 Å². The average molecular weight is 370 g/mol. The number of H-pyrrole nitrogens is 1. The van der Waals surface area contributed by atoms with Crippen molar-refractivity contribution >= 4 is 29.1 Å². The first-order valence-corrected chi connectivity index (χ1v) is 8.44. The van der Waals surface area contributed by atoms with E-state index in [1.54, 1.807) is 38.1 Å². The van der Waals surface area contributed by atoms with Crippen molar-refractivity contribution < 1.29 is 23.9 Å². The standard InChI is InChI=1S/C20H22N2O5/c1-10-17(12(3)23)11(2)21-18(10)20(26)27-13(4)19(25)15-6-8-16(9-7-15)22-14(5)24/h6-9,13,21H,1-5H3,(H,22,24)/t13-/m1/s1. The quantitative estimate of drug-likeness (QED) is 0.600. The van der Waals surface area contributed by atoms with Crippen molar-refractivity contribution in [1.29, 1.82) is 0 Å². The molecular formula is C20H22N2O5. The Morgan fingerprint density at radius 2 is 1.63 bits per heavy atom. The third kappa shape index (κ3) is 4.49. The first-order valence-electron chi connectivity index (χ1n) is 8.44. The second-order valence-electron chi connectivity index (χ2n) is 6.35. The number of Topliss-reactive ketones (excluding diaryl/α,β-unsaturated/α-hetero) is 2. The molecular weight excluding hydrogens is 348 g/mol. The Hall–Kier alpha value is -3.22. The monoisotopic (exact) mass is 370 g/mol. The van der Waals surface area contributed by atoms with Crippen LogP contribution >= 0.6 is 0 Å². The Balaban J connectivity index is 2.12. The molecule has 0 radical (unpaired) electrons. The summed E-state index contributed by atoms with van der Waals surface area (Å²) in [7, 11) is 0. The van der Waals surface area contributed by atoms with Crippen LogP contribution in [-0.4, -0.2) is 34.5 Å². The van der Waals surface area contributed by atoms with Gasteiger partial charge in [-0.25, -0.2) is 4.79 Å². The third-order valence-electron chi connectivity index (χ3n) is 4.14. The maximum atomic E-state index is 12.5. The highest BCUT2D eigenvalue weighted by Crippen LogP contribution is 2.20. The van der Waals surface area contributed by atoms with Gasteiger partial charge in [-0.05, 0) is 57.5 Å². The van der Waals surface area contributed by atoms with Crippen LogP contribution in [0.5, 0.6) is 0 Å². The van der Waals surface area contributed by atoms with Crippen molar-refractivity contribution in [1.82, 2.24) is 4.98 Å². The SMILES string of the molecule is CC(=O)Nc1ccc(C(=O)[C@@H](C)OC(=O)c2[nH]c(C)c(C(C)=O)c2C)cc1. The Morgan fingerprint density at radius 3 is 2.11 bits per heavy atom. The van der Waals surface area contributed by atoms with Gasteiger partial charge in [-0.15, -0.1) is 0 Å². The summed E-state index contributed by atoms with van der Waals surface area (Å²) in [4.78, 5) is 50.5.